The summed E-state index contributed by atoms with van der Waals surface area (Å²) in [6.45, 7) is 0.281. The van der Waals surface area contributed by atoms with E-state index in [0.29, 0.717) is 6.42 Å². The third-order valence-corrected chi connectivity index (χ3v) is 4.82. The molecule has 0 aromatic heterocycles. The zero-order valence-corrected chi connectivity index (χ0v) is 13.2. The van der Waals surface area contributed by atoms with E-state index in [-0.39, 0.29) is 18.5 Å². The molecule has 24 heavy (non-hydrogen) atoms. The molecule has 120 valence electrons. The number of benzene rings is 2. The SMILES string of the molecule is O=C1NC2(CCc3ccccc32)C(=O)N1C/C=C/c1ccccc1. The van der Waals surface area contributed by atoms with Crippen molar-refractivity contribution in [1.82, 2.24) is 10.2 Å². The van der Waals surface area contributed by atoms with E-state index < -0.39 is 5.54 Å². The molecular formula is C20H18N2O2. The molecule has 1 atom stereocenters. The van der Waals surface area contributed by atoms with Gasteiger partial charge < -0.3 is 5.32 Å². The number of nitrogens with one attached hydrogen (secondary N) is 1. The number of aryl methyl sites for hydroxylation is 1. The van der Waals surface area contributed by atoms with Gasteiger partial charge in [0.1, 0.15) is 5.54 Å². The van der Waals surface area contributed by atoms with Gasteiger partial charge in [0.25, 0.3) is 5.91 Å². The molecule has 4 heteroatoms. The number of amides is 3. The molecule has 1 aliphatic heterocycles. The van der Waals surface area contributed by atoms with Crippen molar-refractivity contribution in [3.63, 3.8) is 0 Å². The molecule has 2 aromatic carbocycles. The fourth-order valence-corrected chi connectivity index (χ4v) is 3.61. The number of fused-ring (bicyclic) bond motifs is 2. The van der Waals surface area contributed by atoms with Crippen LogP contribution in [0.2, 0.25) is 0 Å². The van der Waals surface area contributed by atoms with Crippen LogP contribution in [0.3, 0.4) is 0 Å². The van der Waals surface area contributed by atoms with Gasteiger partial charge in [-0.1, -0.05) is 66.7 Å². The van der Waals surface area contributed by atoms with Gasteiger partial charge in [0.05, 0.1) is 0 Å². The van der Waals surface area contributed by atoms with Gasteiger partial charge in [-0.05, 0) is 29.5 Å². The van der Waals surface area contributed by atoms with Gasteiger partial charge in [-0.25, -0.2) is 4.79 Å². The summed E-state index contributed by atoms with van der Waals surface area (Å²) in [5, 5.41) is 2.94. The molecule has 1 saturated heterocycles. The number of carbonyl (C=O) groups is 2. The molecular weight excluding hydrogens is 300 g/mol. The minimum Gasteiger partial charge on any atom is -0.319 e. The number of hydrogen-bond acceptors (Lipinski definition) is 2. The Balaban J connectivity index is 1.56. The van der Waals surface area contributed by atoms with Crippen LogP contribution in [0.5, 0.6) is 0 Å². The molecule has 1 N–H and O–H groups in total. The van der Waals surface area contributed by atoms with E-state index in [1.165, 1.54) is 4.90 Å². The Kier molecular flexibility index (Phi) is 3.45. The maximum atomic E-state index is 13.0. The van der Waals surface area contributed by atoms with Gasteiger partial charge in [0.2, 0.25) is 0 Å². The first-order valence-corrected chi connectivity index (χ1v) is 8.15. The van der Waals surface area contributed by atoms with E-state index in [9.17, 15) is 9.59 Å². The molecule has 1 fully saturated rings. The molecule has 1 aliphatic carbocycles. The summed E-state index contributed by atoms with van der Waals surface area (Å²) in [6.07, 6.45) is 5.23. The summed E-state index contributed by atoms with van der Waals surface area (Å²) in [4.78, 5) is 26.6. The van der Waals surface area contributed by atoms with Crippen molar-refractivity contribution in [2.45, 2.75) is 18.4 Å². The molecule has 2 aromatic rings. The first-order valence-electron chi connectivity index (χ1n) is 8.15. The fraction of sp³-hybridized carbons (Fsp3) is 0.200. The molecule has 0 radical (unpaired) electrons. The molecule has 4 rings (SSSR count). The van der Waals surface area contributed by atoms with Crippen LogP contribution in [-0.2, 0) is 16.8 Å². The molecule has 0 bridgehead atoms. The summed E-state index contributed by atoms with van der Waals surface area (Å²) in [5.74, 6) is -0.143. The van der Waals surface area contributed by atoms with Gasteiger partial charge in [0.15, 0.2) is 0 Å². The van der Waals surface area contributed by atoms with Crippen LogP contribution < -0.4 is 5.32 Å². The largest absolute Gasteiger partial charge is 0.325 e. The average Bonchev–Trinajstić information content (AvgIpc) is 3.09. The van der Waals surface area contributed by atoms with Crippen LogP contribution in [0.15, 0.2) is 60.7 Å². The number of hydrogen-bond donors (Lipinski definition) is 1. The molecule has 2 aliphatic rings. The highest BCUT2D eigenvalue weighted by Gasteiger charge is 2.54. The first-order chi connectivity index (χ1) is 11.7. The predicted molar refractivity (Wildman–Crippen MR) is 92.2 cm³/mol. The number of urea groups is 1. The lowest BCUT2D eigenvalue weighted by atomic mass is 9.92. The lowest BCUT2D eigenvalue weighted by Gasteiger charge is -2.22. The zero-order chi connectivity index (χ0) is 16.6. The fourth-order valence-electron chi connectivity index (χ4n) is 3.61. The lowest BCUT2D eigenvalue weighted by Crippen LogP contribution is -2.41. The monoisotopic (exact) mass is 318 g/mol. The average molecular weight is 318 g/mol. The van der Waals surface area contributed by atoms with Gasteiger partial charge in [-0.3, -0.25) is 9.69 Å². The topological polar surface area (TPSA) is 49.4 Å². The molecule has 1 unspecified atom stereocenters. The second-order valence-electron chi connectivity index (χ2n) is 6.22. The zero-order valence-electron chi connectivity index (χ0n) is 13.2. The summed E-state index contributed by atoms with van der Waals surface area (Å²) >= 11 is 0. The predicted octanol–water partition coefficient (Wildman–Crippen LogP) is 3.09. The van der Waals surface area contributed by atoms with Crippen molar-refractivity contribution in [3.8, 4) is 0 Å². The first kappa shape index (κ1) is 14.7. The van der Waals surface area contributed by atoms with Gasteiger partial charge in [-0.2, -0.15) is 0 Å². The van der Waals surface area contributed by atoms with E-state index in [2.05, 4.69) is 5.32 Å². The Labute approximate surface area is 140 Å². The van der Waals surface area contributed by atoms with E-state index in [1.807, 2.05) is 66.7 Å². The third-order valence-electron chi connectivity index (χ3n) is 4.82. The lowest BCUT2D eigenvalue weighted by molar-refractivity contribution is -0.131. The highest BCUT2D eigenvalue weighted by Crippen LogP contribution is 2.41. The van der Waals surface area contributed by atoms with Crippen LogP contribution >= 0.6 is 0 Å². The van der Waals surface area contributed by atoms with Crippen LogP contribution in [0.1, 0.15) is 23.1 Å². The van der Waals surface area contributed by atoms with E-state index in [1.54, 1.807) is 0 Å². The Hall–Kier alpha value is -2.88. The van der Waals surface area contributed by atoms with E-state index in [4.69, 9.17) is 0 Å². The van der Waals surface area contributed by atoms with Crippen LogP contribution in [0.4, 0.5) is 4.79 Å². The molecule has 1 heterocycles. The normalized spacial score (nSPS) is 22.4. The van der Waals surface area contributed by atoms with Crippen molar-refractivity contribution < 1.29 is 9.59 Å². The maximum Gasteiger partial charge on any atom is 0.325 e. The number of rotatable bonds is 3. The summed E-state index contributed by atoms with van der Waals surface area (Å²) in [5.41, 5.74) is 2.27. The third kappa shape index (κ3) is 2.22. The highest BCUT2D eigenvalue weighted by atomic mass is 16.2. The maximum absolute atomic E-state index is 13.0. The molecule has 4 nitrogen and oxygen atoms in total. The molecule has 1 spiro atoms. The van der Waals surface area contributed by atoms with Crippen LogP contribution in [0.25, 0.3) is 6.08 Å². The number of imide groups is 1. The second kappa shape index (κ2) is 5.64. The molecule has 3 amide bonds. The Morgan fingerprint density at radius 1 is 1.04 bits per heavy atom. The number of carbonyl (C=O) groups excluding carboxylic acids is 2. The Morgan fingerprint density at radius 2 is 1.79 bits per heavy atom. The van der Waals surface area contributed by atoms with Gasteiger partial charge in [0, 0.05) is 6.54 Å². The van der Waals surface area contributed by atoms with E-state index in [0.717, 1.165) is 23.1 Å². The summed E-state index contributed by atoms with van der Waals surface area (Å²) < 4.78 is 0. The minimum absolute atomic E-state index is 0.143. The summed E-state index contributed by atoms with van der Waals surface area (Å²) in [7, 11) is 0. The van der Waals surface area contributed by atoms with Crippen molar-refractivity contribution in [3.05, 3.63) is 77.4 Å². The Morgan fingerprint density at radius 3 is 2.62 bits per heavy atom. The number of nitrogens with zero attached hydrogens (tertiary/aromatic N) is 1. The standard InChI is InChI=1S/C20H18N2O2/c23-18-20(13-12-16-10-4-5-11-17(16)20)21-19(24)22(18)14-6-9-15-7-2-1-3-8-15/h1-11H,12-14H2,(H,21,24)/b9-6+. The van der Waals surface area contributed by atoms with Crippen molar-refractivity contribution in [2.24, 2.45) is 0 Å². The summed E-state index contributed by atoms with van der Waals surface area (Å²) in [6, 6.07) is 17.4. The quantitative estimate of drug-likeness (QED) is 0.884. The smallest absolute Gasteiger partial charge is 0.319 e. The van der Waals surface area contributed by atoms with Gasteiger partial charge in [-0.15, -0.1) is 0 Å². The molecule has 0 saturated carbocycles. The van der Waals surface area contributed by atoms with Gasteiger partial charge >= 0.3 is 6.03 Å². The Bertz CT molecular complexity index is 829. The van der Waals surface area contributed by atoms with Crippen molar-refractivity contribution in [2.75, 3.05) is 6.54 Å². The second-order valence-corrected chi connectivity index (χ2v) is 6.22. The highest BCUT2D eigenvalue weighted by molar-refractivity contribution is 6.08. The van der Waals surface area contributed by atoms with E-state index >= 15 is 0 Å². The van der Waals surface area contributed by atoms with Crippen LogP contribution in [-0.4, -0.2) is 23.4 Å². The van der Waals surface area contributed by atoms with Crippen LogP contribution in [0, 0.1) is 0 Å². The minimum atomic E-state index is -0.867. The van der Waals surface area contributed by atoms with Crippen molar-refractivity contribution >= 4 is 18.0 Å². The van der Waals surface area contributed by atoms with Crippen molar-refractivity contribution in [1.29, 1.82) is 0 Å².